The molecule has 2 atom stereocenters. The number of rotatable bonds is 7. The second-order valence-corrected chi connectivity index (χ2v) is 3.75. The van der Waals surface area contributed by atoms with E-state index in [4.69, 9.17) is 4.74 Å². The first-order valence-electron chi connectivity index (χ1n) is 5.09. The molecule has 0 rings (SSSR count). The number of nitrogens with one attached hydrogen (secondary N) is 1. The van der Waals surface area contributed by atoms with Crippen LogP contribution in [0.3, 0.4) is 0 Å². The van der Waals surface area contributed by atoms with Gasteiger partial charge in [-0.3, -0.25) is 0 Å². The maximum Gasteiger partial charge on any atom is 0.0897 e. The standard InChI is InChI=1S/C10H23NO2/c1-5-9(4)11-6-10(12)7-13-8(2)3/h8-12H,5-7H2,1-4H3. The summed E-state index contributed by atoms with van der Waals surface area (Å²) in [5.41, 5.74) is 0. The molecule has 0 aromatic rings. The van der Waals surface area contributed by atoms with Gasteiger partial charge >= 0.3 is 0 Å². The van der Waals surface area contributed by atoms with E-state index >= 15 is 0 Å². The summed E-state index contributed by atoms with van der Waals surface area (Å²) >= 11 is 0. The van der Waals surface area contributed by atoms with Gasteiger partial charge in [0.15, 0.2) is 0 Å². The fourth-order valence-electron chi connectivity index (χ4n) is 0.844. The highest BCUT2D eigenvalue weighted by atomic mass is 16.5. The topological polar surface area (TPSA) is 41.5 Å². The number of ether oxygens (including phenoxy) is 1. The van der Waals surface area contributed by atoms with E-state index in [1.54, 1.807) is 0 Å². The van der Waals surface area contributed by atoms with Crippen molar-refractivity contribution in [2.45, 2.75) is 52.4 Å². The summed E-state index contributed by atoms with van der Waals surface area (Å²) in [7, 11) is 0. The summed E-state index contributed by atoms with van der Waals surface area (Å²) in [4.78, 5) is 0. The molecule has 0 spiro atoms. The molecule has 0 bridgehead atoms. The molecule has 2 unspecified atom stereocenters. The van der Waals surface area contributed by atoms with Gasteiger partial charge in [0.05, 0.1) is 18.8 Å². The molecule has 80 valence electrons. The highest BCUT2D eigenvalue weighted by Crippen LogP contribution is 1.93. The van der Waals surface area contributed by atoms with E-state index in [0.717, 1.165) is 6.42 Å². The minimum Gasteiger partial charge on any atom is -0.389 e. The first-order valence-corrected chi connectivity index (χ1v) is 5.09. The largest absolute Gasteiger partial charge is 0.389 e. The van der Waals surface area contributed by atoms with Gasteiger partial charge in [0.1, 0.15) is 0 Å². The van der Waals surface area contributed by atoms with Gasteiger partial charge < -0.3 is 15.2 Å². The normalized spacial score (nSPS) is 16.2. The lowest BCUT2D eigenvalue weighted by atomic mass is 10.2. The van der Waals surface area contributed by atoms with Crippen molar-refractivity contribution in [1.82, 2.24) is 5.32 Å². The number of hydrogen-bond donors (Lipinski definition) is 2. The Hall–Kier alpha value is -0.120. The third-order valence-corrected chi connectivity index (χ3v) is 1.94. The molecule has 3 heteroatoms. The van der Waals surface area contributed by atoms with Crippen molar-refractivity contribution in [3.63, 3.8) is 0 Å². The average molecular weight is 189 g/mol. The van der Waals surface area contributed by atoms with Crippen LogP contribution in [-0.2, 0) is 4.74 Å². The van der Waals surface area contributed by atoms with Gasteiger partial charge in [-0.05, 0) is 27.2 Å². The molecular weight excluding hydrogens is 166 g/mol. The van der Waals surface area contributed by atoms with Gasteiger partial charge in [0.25, 0.3) is 0 Å². The Balaban J connectivity index is 3.34. The van der Waals surface area contributed by atoms with Crippen LogP contribution in [0.5, 0.6) is 0 Å². The lowest BCUT2D eigenvalue weighted by Gasteiger charge is -2.16. The maximum absolute atomic E-state index is 9.45. The van der Waals surface area contributed by atoms with Gasteiger partial charge in [0.2, 0.25) is 0 Å². The van der Waals surface area contributed by atoms with Crippen molar-refractivity contribution in [2.75, 3.05) is 13.2 Å². The zero-order chi connectivity index (χ0) is 10.3. The first kappa shape index (κ1) is 12.9. The van der Waals surface area contributed by atoms with E-state index in [2.05, 4.69) is 19.2 Å². The molecule has 0 saturated heterocycles. The predicted molar refractivity (Wildman–Crippen MR) is 54.9 cm³/mol. The zero-order valence-electron chi connectivity index (χ0n) is 9.21. The summed E-state index contributed by atoms with van der Waals surface area (Å²) in [6, 6.07) is 0.466. The molecule has 0 aliphatic rings. The Morgan fingerprint density at radius 1 is 1.31 bits per heavy atom. The van der Waals surface area contributed by atoms with Crippen molar-refractivity contribution >= 4 is 0 Å². The Morgan fingerprint density at radius 3 is 2.38 bits per heavy atom. The number of aliphatic hydroxyl groups excluding tert-OH is 1. The van der Waals surface area contributed by atoms with Gasteiger partial charge in [-0.15, -0.1) is 0 Å². The van der Waals surface area contributed by atoms with Crippen LogP contribution in [0.15, 0.2) is 0 Å². The third-order valence-electron chi connectivity index (χ3n) is 1.94. The monoisotopic (exact) mass is 189 g/mol. The molecular formula is C10H23NO2. The van der Waals surface area contributed by atoms with E-state index in [-0.39, 0.29) is 6.10 Å². The SMILES string of the molecule is CCC(C)NCC(O)COC(C)C. The zero-order valence-corrected chi connectivity index (χ0v) is 9.21. The quantitative estimate of drug-likeness (QED) is 0.631. The van der Waals surface area contributed by atoms with E-state index in [0.29, 0.717) is 19.2 Å². The van der Waals surface area contributed by atoms with Gasteiger partial charge in [-0.2, -0.15) is 0 Å². The van der Waals surface area contributed by atoms with Crippen molar-refractivity contribution in [2.24, 2.45) is 0 Å². The van der Waals surface area contributed by atoms with Crippen LogP contribution < -0.4 is 5.32 Å². The lowest BCUT2D eigenvalue weighted by Crippen LogP contribution is -2.36. The van der Waals surface area contributed by atoms with E-state index < -0.39 is 6.10 Å². The average Bonchev–Trinajstić information content (AvgIpc) is 2.10. The van der Waals surface area contributed by atoms with Crippen LogP contribution >= 0.6 is 0 Å². The molecule has 0 aromatic carbocycles. The van der Waals surface area contributed by atoms with Crippen LogP contribution in [0.2, 0.25) is 0 Å². The Kier molecular flexibility index (Phi) is 7.23. The summed E-state index contributed by atoms with van der Waals surface area (Å²) in [6.07, 6.45) is 0.882. The van der Waals surface area contributed by atoms with Crippen molar-refractivity contribution in [1.29, 1.82) is 0 Å². The molecule has 0 aliphatic heterocycles. The Morgan fingerprint density at radius 2 is 1.92 bits per heavy atom. The number of aliphatic hydroxyl groups is 1. The first-order chi connectivity index (χ1) is 6.06. The summed E-state index contributed by atoms with van der Waals surface area (Å²) in [5, 5.41) is 12.7. The van der Waals surface area contributed by atoms with Crippen LogP contribution in [0.1, 0.15) is 34.1 Å². The van der Waals surface area contributed by atoms with Gasteiger partial charge in [-0.1, -0.05) is 6.92 Å². The van der Waals surface area contributed by atoms with Crippen LogP contribution in [-0.4, -0.2) is 36.5 Å². The molecule has 0 heterocycles. The molecule has 0 radical (unpaired) electrons. The molecule has 13 heavy (non-hydrogen) atoms. The third kappa shape index (κ3) is 8.22. The van der Waals surface area contributed by atoms with Gasteiger partial charge in [-0.25, -0.2) is 0 Å². The molecule has 0 fully saturated rings. The van der Waals surface area contributed by atoms with Crippen molar-refractivity contribution < 1.29 is 9.84 Å². The van der Waals surface area contributed by atoms with E-state index in [9.17, 15) is 5.11 Å². The van der Waals surface area contributed by atoms with Crippen LogP contribution in [0.25, 0.3) is 0 Å². The number of hydrogen-bond acceptors (Lipinski definition) is 3. The van der Waals surface area contributed by atoms with E-state index in [1.807, 2.05) is 13.8 Å². The fraction of sp³-hybridized carbons (Fsp3) is 1.00. The highest BCUT2D eigenvalue weighted by Gasteiger charge is 2.06. The minimum absolute atomic E-state index is 0.193. The fourth-order valence-corrected chi connectivity index (χ4v) is 0.844. The second kappa shape index (κ2) is 7.30. The summed E-state index contributed by atoms with van der Waals surface area (Å²) in [5.74, 6) is 0. The van der Waals surface area contributed by atoms with Crippen LogP contribution in [0.4, 0.5) is 0 Å². The smallest absolute Gasteiger partial charge is 0.0897 e. The molecule has 0 aliphatic carbocycles. The van der Waals surface area contributed by atoms with Crippen molar-refractivity contribution in [3.8, 4) is 0 Å². The Bertz CT molecular complexity index is 117. The van der Waals surface area contributed by atoms with E-state index in [1.165, 1.54) is 0 Å². The van der Waals surface area contributed by atoms with Crippen molar-refractivity contribution in [3.05, 3.63) is 0 Å². The van der Waals surface area contributed by atoms with Gasteiger partial charge in [0, 0.05) is 12.6 Å². The lowest BCUT2D eigenvalue weighted by molar-refractivity contribution is 0.00560. The Labute approximate surface area is 81.5 Å². The molecule has 3 nitrogen and oxygen atoms in total. The summed E-state index contributed by atoms with van der Waals surface area (Å²) in [6.45, 7) is 9.19. The highest BCUT2D eigenvalue weighted by molar-refractivity contribution is 4.63. The second-order valence-electron chi connectivity index (χ2n) is 3.75. The molecule has 2 N–H and O–H groups in total. The van der Waals surface area contributed by atoms with Crippen LogP contribution in [0, 0.1) is 0 Å². The molecule has 0 aromatic heterocycles. The minimum atomic E-state index is -0.392. The molecule has 0 saturated carbocycles. The predicted octanol–water partition coefficient (Wildman–Crippen LogP) is 1.16. The summed E-state index contributed by atoms with van der Waals surface area (Å²) < 4.78 is 5.28. The molecule has 0 amide bonds. The maximum atomic E-state index is 9.45.